The molecule has 18 heavy (non-hydrogen) atoms. The maximum absolute atomic E-state index is 12.4. The normalized spacial score (nSPS) is 14.9. The van der Waals surface area contributed by atoms with Crippen LogP contribution in [0.4, 0.5) is 13.2 Å². The van der Waals surface area contributed by atoms with Gasteiger partial charge in [-0.2, -0.15) is 13.2 Å². The van der Waals surface area contributed by atoms with Crippen LogP contribution in [-0.2, 0) is 9.59 Å². The molecule has 0 aromatic carbocycles. The van der Waals surface area contributed by atoms with Crippen LogP contribution in [0.5, 0.6) is 0 Å². The van der Waals surface area contributed by atoms with Crippen LogP contribution in [0.2, 0.25) is 0 Å². The zero-order chi connectivity index (χ0) is 14.4. The molecule has 0 radical (unpaired) electrons. The lowest BCUT2D eigenvalue weighted by atomic mass is 10.0. The fourth-order valence-electron chi connectivity index (χ4n) is 1.09. The first-order valence-electron chi connectivity index (χ1n) is 5.44. The maximum atomic E-state index is 12.4. The van der Waals surface area contributed by atoms with Crippen LogP contribution >= 0.6 is 0 Å². The fourth-order valence-corrected chi connectivity index (χ4v) is 1.09. The zero-order valence-electron chi connectivity index (χ0n) is 10.0. The van der Waals surface area contributed by atoms with Gasteiger partial charge in [-0.3, -0.25) is 9.59 Å². The van der Waals surface area contributed by atoms with Crippen molar-refractivity contribution in [2.24, 2.45) is 5.73 Å². The van der Waals surface area contributed by atoms with E-state index in [1.807, 2.05) is 0 Å². The molecule has 8 heteroatoms. The molecular weight excluding hydrogens is 253 g/mol. The van der Waals surface area contributed by atoms with Gasteiger partial charge < -0.3 is 16.2 Å². The zero-order valence-corrected chi connectivity index (χ0v) is 10.0. The molecule has 1 atom stereocenters. The highest BCUT2D eigenvalue weighted by molar-refractivity contribution is 5.86. The molecule has 0 aliphatic heterocycles. The van der Waals surface area contributed by atoms with Crippen molar-refractivity contribution in [1.82, 2.24) is 5.32 Å². The van der Waals surface area contributed by atoms with Gasteiger partial charge in [0.05, 0.1) is 0 Å². The molecule has 5 nitrogen and oxygen atoms in total. The number of rotatable bonds is 7. The Morgan fingerprint density at radius 2 is 1.78 bits per heavy atom. The van der Waals surface area contributed by atoms with E-state index < -0.39 is 23.6 Å². The molecule has 0 saturated carbocycles. The van der Waals surface area contributed by atoms with Gasteiger partial charge >= 0.3 is 12.1 Å². The van der Waals surface area contributed by atoms with Gasteiger partial charge in [0, 0.05) is 13.0 Å². The highest BCUT2D eigenvalue weighted by Crippen LogP contribution is 2.27. The molecule has 0 rings (SSSR count). The standard InChI is InChI=1S/C10H17F3N2O3/c1-9(14,10(11,12)13)8(18)15-6-4-2-3-5-7(16)17/h2-6,14H2,1H3,(H,15,18)(H,16,17). The molecule has 1 amide bonds. The molecule has 0 aliphatic carbocycles. The first kappa shape index (κ1) is 16.7. The molecule has 0 aliphatic rings. The molecule has 4 N–H and O–H groups in total. The Morgan fingerprint density at radius 1 is 1.22 bits per heavy atom. The minimum absolute atomic E-state index is 0.00506. The van der Waals surface area contributed by atoms with Crippen LogP contribution < -0.4 is 11.1 Å². The third kappa shape index (κ3) is 5.35. The summed E-state index contributed by atoms with van der Waals surface area (Å²) >= 11 is 0. The Balaban J connectivity index is 3.88. The van der Waals surface area contributed by atoms with Crippen LogP contribution in [0.25, 0.3) is 0 Å². The molecule has 0 spiro atoms. The van der Waals surface area contributed by atoms with Gasteiger partial charge in [-0.05, 0) is 19.8 Å². The van der Waals surface area contributed by atoms with Crippen molar-refractivity contribution in [2.75, 3.05) is 6.54 Å². The van der Waals surface area contributed by atoms with Crippen molar-refractivity contribution < 1.29 is 27.9 Å². The van der Waals surface area contributed by atoms with Gasteiger partial charge in [0.15, 0.2) is 5.54 Å². The number of aliphatic carboxylic acids is 1. The number of nitrogens with two attached hydrogens (primary N) is 1. The first-order chi connectivity index (χ1) is 8.09. The lowest BCUT2D eigenvalue weighted by Gasteiger charge is -2.26. The van der Waals surface area contributed by atoms with Gasteiger partial charge in [-0.25, -0.2) is 0 Å². The number of hydrogen-bond donors (Lipinski definition) is 3. The summed E-state index contributed by atoms with van der Waals surface area (Å²) in [7, 11) is 0. The SMILES string of the molecule is CC(N)(C(=O)NCCCCCC(=O)O)C(F)(F)F. The second-order valence-electron chi connectivity index (χ2n) is 4.16. The Morgan fingerprint density at radius 3 is 2.22 bits per heavy atom. The predicted octanol–water partition coefficient (Wildman–Crippen LogP) is 1.03. The van der Waals surface area contributed by atoms with Crippen LogP contribution in [0.1, 0.15) is 32.6 Å². The molecule has 0 aromatic heterocycles. The lowest BCUT2D eigenvalue weighted by molar-refractivity contribution is -0.187. The Bertz CT molecular complexity index is 303. The third-order valence-corrected chi connectivity index (χ3v) is 2.41. The molecule has 0 bridgehead atoms. The number of unbranched alkanes of at least 4 members (excludes halogenated alkanes) is 2. The molecule has 0 aromatic rings. The second-order valence-corrected chi connectivity index (χ2v) is 4.16. The highest BCUT2D eigenvalue weighted by Gasteiger charge is 2.53. The van der Waals surface area contributed by atoms with E-state index in [1.165, 1.54) is 0 Å². The summed E-state index contributed by atoms with van der Waals surface area (Å²) in [5, 5.41) is 10.4. The number of carbonyl (C=O) groups is 2. The summed E-state index contributed by atoms with van der Waals surface area (Å²) in [6, 6.07) is 0. The number of carboxylic acids is 1. The molecule has 0 fully saturated rings. The monoisotopic (exact) mass is 270 g/mol. The molecule has 0 heterocycles. The van der Waals surface area contributed by atoms with E-state index in [0.29, 0.717) is 26.2 Å². The van der Waals surface area contributed by atoms with Crippen molar-refractivity contribution in [1.29, 1.82) is 0 Å². The summed E-state index contributed by atoms with van der Waals surface area (Å²) in [6.07, 6.45) is -3.46. The van der Waals surface area contributed by atoms with Gasteiger partial charge in [-0.15, -0.1) is 0 Å². The topological polar surface area (TPSA) is 92.4 Å². The third-order valence-electron chi connectivity index (χ3n) is 2.41. The van der Waals surface area contributed by atoms with E-state index in [9.17, 15) is 22.8 Å². The van der Waals surface area contributed by atoms with E-state index in [1.54, 1.807) is 0 Å². The van der Waals surface area contributed by atoms with Crippen molar-refractivity contribution in [3.05, 3.63) is 0 Å². The number of halogens is 3. The van der Waals surface area contributed by atoms with Crippen LogP contribution in [-0.4, -0.2) is 35.2 Å². The number of hydrogen-bond acceptors (Lipinski definition) is 3. The quantitative estimate of drug-likeness (QED) is 0.602. The second kappa shape index (κ2) is 6.58. The van der Waals surface area contributed by atoms with E-state index in [0.717, 1.165) is 0 Å². The van der Waals surface area contributed by atoms with Gasteiger partial charge in [0.25, 0.3) is 0 Å². The van der Waals surface area contributed by atoms with E-state index >= 15 is 0 Å². The van der Waals surface area contributed by atoms with Crippen LogP contribution in [0.15, 0.2) is 0 Å². The van der Waals surface area contributed by atoms with E-state index in [2.05, 4.69) is 5.32 Å². The summed E-state index contributed by atoms with van der Waals surface area (Å²) in [5.74, 6) is -2.21. The smallest absolute Gasteiger partial charge is 0.415 e. The number of carboxylic acid groups (broad SMARTS) is 1. The summed E-state index contributed by atoms with van der Waals surface area (Å²) in [5.41, 5.74) is 1.99. The molecule has 106 valence electrons. The number of amides is 1. The summed E-state index contributed by atoms with van der Waals surface area (Å²) < 4.78 is 37.1. The lowest BCUT2D eigenvalue weighted by Crippen LogP contribution is -2.61. The summed E-state index contributed by atoms with van der Waals surface area (Å²) in [6.45, 7) is 0.647. The van der Waals surface area contributed by atoms with Crippen molar-refractivity contribution in [3.8, 4) is 0 Å². The molecule has 0 saturated heterocycles. The largest absolute Gasteiger partial charge is 0.481 e. The first-order valence-corrected chi connectivity index (χ1v) is 5.44. The maximum Gasteiger partial charge on any atom is 0.415 e. The fraction of sp³-hybridized carbons (Fsp3) is 0.800. The Labute approximate surface area is 103 Å². The molecule has 1 unspecified atom stereocenters. The van der Waals surface area contributed by atoms with Crippen LogP contribution in [0, 0.1) is 0 Å². The summed E-state index contributed by atoms with van der Waals surface area (Å²) in [4.78, 5) is 21.4. The van der Waals surface area contributed by atoms with E-state index in [-0.39, 0.29) is 13.0 Å². The minimum Gasteiger partial charge on any atom is -0.481 e. The highest BCUT2D eigenvalue weighted by atomic mass is 19.4. The van der Waals surface area contributed by atoms with E-state index in [4.69, 9.17) is 10.8 Å². The number of alkyl halides is 3. The van der Waals surface area contributed by atoms with Crippen LogP contribution in [0.3, 0.4) is 0 Å². The van der Waals surface area contributed by atoms with Crippen molar-refractivity contribution >= 4 is 11.9 Å². The Hall–Kier alpha value is -1.31. The van der Waals surface area contributed by atoms with Crippen molar-refractivity contribution in [3.63, 3.8) is 0 Å². The minimum atomic E-state index is -4.81. The van der Waals surface area contributed by atoms with Gasteiger partial charge in [-0.1, -0.05) is 6.42 Å². The average Bonchev–Trinajstić information content (AvgIpc) is 2.20. The van der Waals surface area contributed by atoms with Gasteiger partial charge in [0.1, 0.15) is 0 Å². The van der Waals surface area contributed by atoms with Crippen molar-refractivity contribution in [2.45, 2.75) is 44.3 Å². The average molecular weight is 270 g/mol. The predicted molar refractivity (Wildman–Crippen MR) is 57.8 cm³/mol. The number of nitrogens with one attached hydrogen (secondary N) is 1. The number of carbonyl (C=O) groups excluding carboxylic acids is 1. The Kier molecular flexibility index (Phi) is 6.10. The molecular formula is C10H17F3N2O3. The van der Waals surface area contributed by atoms with Gasteiger partial charge in [0.2, 0.25) is 5.91 Å².